The molecule has 0 unspecified atom stereocenters. The van der Waals surface area contributed by atoms with Crippen molar-refractivity contribution in [3.8, 4) is 0 Å². The Balaban J connectivity index is 1.73. The van der Waals surface area contributed by atoms with Gasteiger partial charge in [0.2, 0.25) is 5.28 Å². The summed E-state index contributed by atoms with van der Waals surface area (Å²) in [5.74, 6) is 1.07. The SMILES string of the molecule is CC(C)(C)OC(=O)N[C@H]1CC[C@H](CNc2nc(Cl)ncc2Cl)CC1. The van der Waals surface area contributed by atoms with E-state index in [4.69, 9.17) is 27.9 Å². The van der Waals surface area contributed by atoms with Gasteiger partial charge in [0.15, 0.2) is 0 Å². The minimum atomic E-state index is -0.469. The molecule has 0 saturated heterocycles. The van der Waals surface area contributed by atoms with Crippen molar-refractivity contribution in [2.75, 3.05) is 11.9 Å². The Bertz CT molecular complexity index is 570. The number of carbonyl (C=O) groups excluding carboxylic acids is 1. The van der Waals surface area contributed by atoms with Crippen LogP contribution < -0.4 is 10.6 Å². The van der Waals surface area contributed by atoms with Gasteiger partial charge >= 0.3 is 6.09 Å². The highest BCUT2D eigenvalue weighted by molar-refractivity contribution is 6.33. The van der Waals surface area contributed by atoms with Gasteiger partial charge in [-0.05, 0) is 64.0 Å². The largest absolute Gasteiger partial charge is 0.444 e. The summed E-state index contributed by atoms with van der Waals surface area (Å²) in [6.07, 6.45) is 5.05. The van der Waals surface area contributed by atoms with Gasteiger partial charge < -0.3 is 15.4 Å². The summed E-state index contributed by atoms with van der Waals surface area (Å²) in [7, 11) is 0. The van der Waals surface area contributed by atoms with Gasteiger partial charge in [-0.2, -0.15) is 4.98 Å². The van der Waals surface area contributed by atoms with E-state index in [-0.39, 0.29) is 17.4 Å². The fraction of sp³-hybridized carbons (Fsp3) is 0.688. The summed E-state index contributed by atoms with van der Waals surface area (Å²) in [5.41, 5.74) is -0.469. The number of ether oxygens (including phenoxy) is 1. The van der Waals surface area contributed by atoms with Crippen LogP contribution in [0.5, 0.6) is 0 Å². The Morgan fingerprint density at radius 2 is 1.96 bits per heavy atom. The predicted octanol–water partition coefficient (Wildman–Crippen LogP) is 4.28. The topological polar surface area (TPSA) is 76.1 Å². The summed E-state index contributed by atoms with van der Waals surface area (Å²) in [5, 5.41) is 6.81. The summed E-state index contributed by atoms with van der Waals surface area (Å²) < 4.78 is 5.29. The van der Waals surface area contributed by atoms with Crippen LogP contribution in [0.2, 0.25) is 10.3 Å². The average Bonchev–Trinajstić information content (AvgIpc) is 2.47. The molecular weight excluding hydrogens is 351 g/mol. The molecule has 24 heavy (non-hydrogen) atoms. The molecule has 1 amide bonds. The third-order valence-corrected chi connectivity index (χ3v) is 4.30. The molecule has 0 radical (unpaired) electrons. The number of halogens is 2. The first-order valence-corrected chi connectivity index (χ1v) is 8.90. The fourth-order valence-corrected chi connectivity index (χ4v) is 2.99. The van der Waals surface area contributed by atoms with Crippen molar-refractivity contribution in [1.29, 1.82) is 0 Å². The molecule has 0 bridgehead atoms. The third kappa shape index (κ3) is 6.32. The number of hydrogen-bond donors (Lipinski definition) is 2. The van der Waals surface area contributed by atoms with Gasteiger partial charge in [-0.3, -0.25) is 0 Å². The first-order valence-electron chi connectivity index (χ1n) is 8.14. The molecule has 8 heteroatoms. The van der Waals surface area contributed by atoms with Gasteiger partial charge in [0.25, 0.3) is 0 Å². The van der Waals surface area contributed by atoms with E-state index >= 15 is 0 Å². The number of amides is 1. The van der Waals surface area contributed by atoms with Crippen molar-refractivity contribution in [2.24, 2.45) is 5.92 Å². The average molecular weight is 375 g/mol. The van der Waals surface area contributed by atoms with Gasteiger partial charge in [-0.15, -0.1) is 0 Å². The van der Waals surface area contributed by atoms with Crippen LogP contribution in [0, 0.1) is 5.92 Å². The van der Waals surface area contributed by atoms with Crippen molar-refractivity contribution >= 4 is 35.1 Å². The number of carbonyl (C=O) groups is 1. The number of hydrogen-bond acceptors (Lipinski definition) is 5. The highest BCUT2D eigenvalue weighted by Crippen LogP contribution is 2.26. The maximum absolute atomic E-state index is 11.8. The van der Waals surface area contributed by atoms with E-state index in [9.17, 15) is 4.79 Å². The Morgan fingerprint density at radius 3 is 2.58 bits per heavy atom. The van der Waals surface area contributed by atoms with Crippen molar-refractivity contribution in [3.05, 3.63) is 16.5 Å². The van der Waals surface area contributed by atoms with Crippen LogP contribution >= 0.6 is 23.2 Å². The summed E-state index contributed by atoms with van der Waals surface area (Å²) in [4.78, 5) is 19.7. The highest BCUT2D eigenvalue weighted by Gasteiger charge is 2.24. The molecule has 134 valence electrons. The third-order valence-electron chi connectivity index (χ3n) is 3.84. The second kappa shape index (κ2) is 8.21. The highest BCUT2D eigenvalue weighted by atomic mass is 35.5. The first kappa shape index (κ1) is 19.1. The lowest BCUT2D eigenvalue weighted by atomic mass is 9.86. The molecule has 0 aliphatic heterocycles. The van der Waals surface area contributed by atoms with Crippen LogP contribution in [0.25, 0.3) is 0 Å². The zero-order valence-corrected chi connectivity index (χ0v) is 15.7. The molecule has 1 heterocycles. The molecular formula is C16H24Cl2N4O2. The molecule has 1 aromatic rings. The Morgan fingerprint density at radius 1 is 1.29 bits per heavy atom. The maximum Gasteiger partial charge on any atom is 0.407 e. The van der Waals surface area contributed by atoms with Crippen LogP contribution in [0.15, 0.2) is 6.20 Å². The molecule has 1 aromatic heterocycles. The van der Waals surface area contributed by atoms with Crippen LogP contribution in [0.4, 0.5) is 10.6 Å². The fourth-order valence-electron chi connectivity index (χ4n) is 2.70. The predicted molar refractivity (Wildman–Crippen MR) is 95.7 cm³/mol. The zero-order chi connectivity index (χ0) is 17.7. The zero-order valence-electron chi connectivity index (χ0n) is 14.2. The summed E-state index contributed by atoms with van der Waals surface area (Å²) >= 11 is 11.8. The molecule has 1 saturated carbocycles. The van der Waals surface area contributed by atoms with Crippen molar-refractivity contribution in [1.82, 2.24) is 15.3 Å². The quantitative estimate of drug-likeness (QED) is 0.769. The van der Waals surface area contributed by atoms with E-state index in [0.717, 1.165) is 32.2 Å². The number of nitrogens with zero attached hydrogens (tertiary/aromatic N) is 2. The van der Waals surface area contributed by atoms with E-state index in [2.05, 4.69) is 20.6 Å². The number of nitrogens with one attached hydrogen (secondary N) is 2. The van der Waals surface area contributed by atoms with Crippen LogP contribution in [0.3, 0.4) is 0 Å². The van der Waals surface area contributed by atoms with E-state index in [1.165, 1.54) is 6.20 Å². The number of aromatic nitrogens is 2. The number of rotatable bonds is 4. The second-order valence-electron chi connectivity index (χ2n) is 7.08. The molecule has 2 N–H and O–H groups in total. The van der Waals surface area contributed by atoms with Gasteiger partial charge in [0.05, 0.1) is 6.20 Å². The van der Waals surface area contributed by atoms with E-state index in [0.29, 0.717) is 16.8 Å². The summed E-state index contributed by atoms with van der Waals surface area (Å²) in [6.45, 7) is 6.35. The molecule has 6 nitrogen and oxygen atoms in total. The molecule has 0 aromatic carbocycles. The molecule has 1 aliphatic rings. The van der Waals surface area contributed by atoms with E-state index < -0.39 is 5.60 Å². The lowest BCUT2D eigenvalue weighted by Crippen LogP contribution is -2.41. The Labute approximate surface area is 152 Å². The number of anilines is 1. The van der Waals surface area contributed by atoms with E-state index in [1.54, 1.807) is 0 Å². The normalized spacial score (nSPS) is 21.2. The first-order chi connectivity index (χ1) is 11.2. The monoisotopic (exact) mass is 374 g/mol. The minimum Gasteiger partial charge on any atom is -0.444 e. The molecule has 1 fully saturated rings. The molecule has 0 atom stereocenters. The minimum absolute atomic E-state index is 0.173. The van der Waals surface area contributed by atoms with Crippen LogP contribution in [0.1, 0.15) is 46.5 Å². The lowest BCUT2D eigenvalue weighted by molar-refractivity contribution is 0.0488. The van der Waals surface area contributed by atoms with Gasteiger partial charge in [-0.1, -0.05) is 11.6 Å². The van der Waals surface area contributed by atoms with Crippen LogP contribution in [-0.4, -0.2) is 34.2 Å². The summed E-state index contributed by atoms with van der Waals surface area (Å²) in [6, 6.07) is 0.174. The molecule has 1 aliphatic carbocycles. The molecule has 2 rings (SSSR count). The van der Waals surface area contributed by atoms with Gasteiger partial charge in [0.1, 0.15) is 16.4 Å². The van der Waals surface area contributed by atoms with Crippen molar-refractivity contribution in [3.63, 3.8) is 0 Å². The van der Waals surface area contributed by atoms with Crippen molar-refractivity contribution in [2.45, 2.75) is 58.1 Å². The lowest BCUT2D eigenvalue weighted by Gasteiger charge is -2.30. The van der Waals surface area contributed by atoms with E-state index in [1.807, 2.05) is 20.8 Å². The smallest absolute Gasteiger partial charge is 0.407 e. The maximum atomic E-state index is 11.8. The Hall–Kier alpha value is -1.27. The second-order valence-corrected chi connectivity index (χ2v) is 7.83. The van der Waals surface area contributed by atoms with Gasteiger partial charge in [0, 0.05) is 12.6 Å². The van der Waals surface area contributed by atoms with Crippen LogP contribution in [-0.2, 0) is 4.74 Å². The standard InChI is InChI=1S/C16H24Cl2N4O2/c1-16(2,3)24-15(23)21-11-6-4-10(5-7-11)8-19-13-12(17)9-20-14(18)22-13/h9-11H,4-8H2,1-3H3,(H,21,23)(H,19,20,22)/t10-,11-. The Kier molecular flexibility index (Phi) is 6.52. The van der Waals surface area contributed by atoms with Gasteiger partial charge in [-0.25, -0.2) is 9.78 Å². The van der Waals surface area contributed by atoms with Crippen molar-refractivity contribution < 1.29 is 9.53 Å². The number of alkyl carbamates (subject to hydrolysis) is 1. The molecule has 0 spiro atoms.